The van der Waals surface area contributed by atoms with E-state index in [-0.39, 0.29) is 24.3 Å². The van der Waals surface area contributed by atoms with Crippen molar-refractivity contribution in [2.45, 2.75) is 57.4 Å². The SMILES string of the molecule is Cc1cn([C@@H]2O[C@H](CO)C[C@H]2N2CCCCCC2)c(=O)[nH]c1=O. The number of aromatic amines is 1. The van der Waals surface area contributed by atoms with Crippen LogP contribution in [0.4, 0.5) is 0 Å². The second-order valence-electron chi connectivity index (χ2n) is 6.56. The van der Waals surface area contributed by atoms with Crippen LogP contribution in [0.25, 0.3) is 0 Å². The molecule has 0 saturated carbocycles. The minimum atomic E-state index is -0.465. The second-order valence-corrected chi connectivity index (χ2v) is 6.56. The summed E-state index contributed by atoms with van der Waals surface area (Å²) in [4.78, 5) is 28.5. The van der Waals surface area contributed by atoms with Crippen molar-refractivity contribution >= 4 is 0 Å². The van der Waals surface area contributed by atoms with E-state index in [1.807, 2.05) is 0 Å². The highest BCUT2D eigenvalue weighted by molar-refractivity contribution is 5.03. The average Bonchev–Trinajstić information content (AvgIpc) is 2.77. The molecule has 0 amide bonds. The van der Waals surface area contributed by atoms with E-state index in [0.717, 1.165) is 25.9 Å². The van der Waals surface area contributed by atoms with E-state index < -0.39 is 11.9 Å². The van der Waals surface area contributed by atoms with Gasteiger partial charge in [0.2, 0.25) is 0 Å². The average molecular weight is 323 g/mol. The largest absolute Gasteiger partial charge is 0.394 e. The molecule has 2 saturated heterocycles. The first kappa shape index (κ1) is 16.4. The van der Waals surface area contributed by atoms with Gasteiger partial charge in [0, 0.05) is 11.8 Å². The minimum Gasteiger partial charge on any atom is -0.394 e. The molecule has 3 atom stereocenters. The maximum absolute atomic E-state index is 12.2. The molecule has 1 aromatic rings. The lowest BCUT2D eigenvalue weighted by atomic mass is 10.1. The third-order valence-electron chi connectivity index (χ3n) is 4.90. The Morgan fingerprint density at radius 3 is 2.61 bits per heavy atom. The normalized spacial score (nSPS) is 29.6. The van der Waals surface area contributed by atoms with E-state index in [9.17, 15) is 14.7 Å². The zero-order valence-corrected chi connectivity index (χ0v) is 13.5. The Kier molecular flexibility index (Phi) is 4.99. The Morgan fingerprint density at radius 1 is 1.26 bits per heavy atom. The summed E-state index contributed by atoms with van der Waals surface area (Å²) in [6.45, 7) is 3.59. The molecule has 7 nitrogen and oxygen atoms in total. The van der Waals surface area contributed by atoms with Crippen LogP contribution in [0.5, 0.6) is 0 Å². The number of aromatic nitrogens is 2. The number of aryl methyl sites for hydroxylation is 1. The summed E-state index contributed by atoms with van der Waals surface area (Å²) < 4.78 is 7.40. The minimum absolute atomic E-state index is 0.0493. The van der Waals surface area contributed by atoms with Crippen LogP contribution in [-0.2, 0) is 4.74 Å². The van der Waals surface area contributed by atoms with Crippen LogP contribution in [0, 0.1) is 6.92 Å². The van der Waals surface area contributed by atoms with Gasteiger partial charge in [-0.3, -0.25) is 19.2 Å². The lowest BCUT2D eigenvalue weighted by Crippen LogP contribution is -2.44. The van der Waals surface area contributed by atoms with Gasteiger partial charge in [0.25, 0.3) is 5.56 Å². The van der Waals surface area contributed by atoms with Crippen LogP contribution in [0.2, 0.25) is 0 Å². The molecule has 1 aromatic heterocycles. The van der Waals surface area contributed by atoms with E-state index in [4.69, 9.17) is 4.74 Å². The molecule has 0 bridgehead atoms. The Bertz CT molecular complexity index is 645. The molecular weight excluding hydrogens is 298 g/mol. The molecule has 0 spiro atoms. The van der Waals surface area contributed by atoms with E-state index in [2.05, 4.69) is 9.88 Å². The molecule has 0 aromatic carbocycles. The summed E-state index contributed by atoms with van der Waals surface area (Å²) in [6.07, 6.45) is 6.29. The predicted molar refractivity (Wildman–Crippen MR) is 85.5 cm³/mol. The van der Waals surface area contributed by atoms with Crippen molar-refractivity contribution in [2.75, 3.05) is 19.7 Å². The molecule has 3 rings (SSSR count). The maximum Gasteiger partial charge on any atom is 0.330 e. The van der Waals surface area contributed by atoms with Crippen molar-refractivity contribution in [3.05, 3.63) is 32.6 Å². The second kappa shape index (κ2) is 6.98. The third-order valence-corrected chi connectivity index (χ3v) is 4.90. The van der Waals surface area contributed by atoms with Crippen LogP contribution >= 0.6 is 0 Å². The fourth-order valence-electron chi connectivity index (χ4n) is 3.63. The van der Waals surface area contributed by atoms with Gasteiger partial charge in [-0.2, -0.15) is 0 Å². The number of rotatable bonds is 3. The van der Waals surface area contributed by atoms with Gasteiger partial charge in [-0.05, 0) is 39.3 Å². The van der Waals surface area contributed by atoms with Crippen LogP contribution in [0.3, 0.4) is 0 Å². The maximum atomic E-state index is 12.2. The van der Waals surface area contributed by atoms with Crippen molar-refractivity contribution in [2.24, 2.45) is 0 Å². The number of hydrogen-bond donors (Lipinski definition) is 2. The van der Waals surface area contributed by atoms with Crippen LogP contribution in [0.15, 0.2) is 15.8 Å². The lowest BCUT2D eigenvalue weighted by Gasteiger charge is -2.31. The fourth-order valence-corrected chi connectivity index (χ4v) is 3.63. The Labute approximate surface area is 134 Å². The van der Waals surface area contributed by atoms with E-state index in [0.29, 0.717) is 12.0 Å². The first-order chi connectivity index (χ1) is 11.1. The summed E-state index contributed by atoms with van der Waals surface area (Å²) in [6, 6.07) is 0.0493. The van der Waals surface area contributed by atoms with Gasteiger partial charge in [-0.1, -0.05) is 12.8 Å². The number of H-pyrrole nitrogens is 1. The fraction of sp³-hybridized carbons (Fsp3) is 0.750. The number of aliphatic hydroxyl groups excluding tert-OH is 1. The predicted octanol–water partition coefficient (Wildman–Crippen LogP) is 0.369. The first-order valence-corrected chi connectivity index (χ1v) is 8.42. The molecule has 23 heavy (non-hydrogen) atoms. The molecule has 2 aliphatic rings. The summed E-state index contributed by atoms with van der Waals surface area (Å²) >= 11 is 0. The summed E-state index contributed by atoms with van der Waals surface area (Å²) in [7, 11) is 0. The highest BCUT2D eigenvalue weighted by atomic mass is 16.5. The van der Waals surface area contributed by atoms with Gasteiger partial charge in [0.15, 0.2) is 6.23 Å². The van der Waals surface area contributed by atoms with Gasteiger partial charge < -0.3 is 9.84 Å². The van der Waals surface area contributed by atoms with E-state index in [1.54, 1.807) is 13.1 Å². The van der Waals surface area contributed by atoms with Gasteiger partial charge in [-0.25, -0.2) is 4.79 Å². The standard InChI is InChI=1S/C16H25N3O4/c1-11-9-19(16(22)17-14(11)21)15-13(8-12(10-20)23-15)18-6-4-2-3-5-7-18/h9,12-13,15,20H,2-8,10H2,1H3,(H,17,21,22)/t12-,13+,15+/m0/s1. The first-order valence-electron chi connectivity index (χ1n) is 8.42. The molecule has 3 heterocycles. The number of likely N-dealkylation sites (tertiary alicyclic amines) is 1. The quantitative estimate of drug-likeness (QED) is 0.839. The topological polar surface area (TPSA) is 87.6 Å². The summed E-state index contributed by atoms with van der Waals surface area (Å²) in [5.41, 5.74) is -0.339. The molecule has 0 radical (unpaired) electrons. The Morgan fingerprint density at radius 2 is 1.96 bits per heavy atom. The molecule has 2 fully saturated rings. The molecule has 2 aliphatic heterocycles. The number of hydrogen-bond acceptors (Lipinski definition) is 5. The van der Waals surface area contributed by atoms with Crippen LogP contribution < -0.4 is 11.2 Å². The van der Waals surface area contributed by atoms with E-state index >= 15 is 0 Å². The monoisotopic (exact) mass is 323 g/mol. The molecule has 0 unspecified atom stereocenters. The molecule has 0 aliphatic carbocycles. The van der Waals surface area contributed by atoms with Crippen molar-refractivity contribution in [3.8, 4) is 0 Å². The van der Waals surface area contributed by atoms with Crippen molar-refractivity contribution in [1.29, 1.82) is 0 Å². The zero-order chi connectivity index (χ0) is 16.4. The number of ether oxygens (including phenoxy) is 1. The summed E-state index contributed by atoms with van der Waals surface area (Å²) in [5.74, 6) is 0. The molecule has 7 heteroatoms. The van der Waals surface area contributed by atoms with Crippen molar-refractivity contribution < 1.29 is 9.84 Å². The van der Waals surface area contributed by atoms with Crippen LogP contribution in [-0.4, -0.2) is 51.4 Å². The highest BCUT2D eigenvalue weighted by Crippen LogP contribution is 2.33. The number of nitrogens with one attached hydrogen (secondary N) is 1. The smallest absolute Gasteiger partial charge is 0.330 e. The Balaban J connectivity index is 1.92. The third kappa shape index (κ3) is 3.41. The molecule has 128 valence electrons. The van der Waals surface area contributed by atoms with Crippen molar-refractivity contribution in [3.63, 3.8) is 0 Å². The molecular formula is C16H25N3O4. The van der Waals surface area contributed by atoms with Gasteiger partial charge in [-0.15, -0.1) is 0 Å². The van der Waals surface area contributed by atoms with Crippen LogP contribution in [0.1, 0.15) is 43.9 Å². The number of nitrogens with zero attached hydrogens (tertiary/aromatic N) is 2. The zero-order valence-electron chi connectivity index (χ0n) is 13.5. The molecule has 2 N–H and O–H groups in total. The van der Waals surface area contributed by atoms with Crippen molar-refractivity contribution in [1.82, 2.24) is 14.5 Å². The van der Waals surface area contributed by atoms with E-state index in [1.165, 1.54) is 17.4 Å². The van der Waals surface area contributed by atoms with Gasteiger partial charge in [0.1, 0.15) is 0 Å². The Hall–Kier alpha value is -1.44. The van der Waals surface area contributed by atoms with Gasteiger partial charge >= 0.3 is 5.69 Å². The highest BCUT2D eigenvalue weighted by Gasteiger charge is 2.40. The van der Waals surface area contributed by atoms with Gasteiger partial charge in [0.05, 0.1) is 18.8 Å². The summed E-state index contributed by atoms with van der Waals surface area (Å²) in [5, 5.41) is 9.48. The number of aliphatic hydroxyl groups is 1. The lowest BCUT2D eigenvalue weighted by molar-refractivity contribution is -0.0434.